The van der Waals surface area contributed by atoms with Crippen molar-refractivity contribution in [3.05, 3.63) is 62.9 Å². The second-order valence-electron chi connectivity index (χ2n) is 6.30. The smallest absolute Gasteiger partial charge is 0.312 e. The van der Waals surface area contributed by atoms with Gasteiger partial charge in [0.1, 0.15) is 5.52 Å². The molecule has 0 spiro atoms. The Kier molecular flexibility index (Phi) is 6.75. The van der Waals surface area contributed by atoms with Gasteiger partial charge in [-0.1, -0.05) is 17.3 Å². The first-order chi connectivity index (χ1) is 15.2. The number of ether oxygens (including phenoxy) is 2. The van der Waals surface area contributed by atoms with Gasteiger partial charge >= 0.3 is 11.7 Å². The third kappa shape index (κ3) is 5.04. The number of benzene rings is 2. The second kappa shape index (κ2) is 9.49. The standard InChI is InChI=1S/C18H17N5O8S/c1-30-16-7-6-12(10-15(16)23(26)27)32(28,29)19-9-8-17(24)31-11-22-18(25)13-4-2-3-5-14(13)20-21-22/h2-7,10,19H,8-9,11H2,1H3. The molecule has 3 rings (SSSR count). The molecule has 0 saturated carbocycles. The van der Waals surface area contributed by atoms with Gasteiger partial charge in [0.15, 0.2) is 12.5 Å². The first-order valence-corrected chi connectivity index (χ1v) is 10.5. The number of nitrogens with zero attached hydrogens (tertiary/aromatic N) is 4. The maximum atomic E-state index is 12.3. The molecule has 1 aromatic heterocycles. The lowest BCUT2D eigenvalue weighted by Gasteiger charge is -2.09. The number of esters is 1. The molecule has 32 heavy (non-hydrogen) atoms. The van der Waals surface area contributed by atoms with Gasteiger partial charge in [0, 0.05) is 12.6 Å². The summed E-state index contributed by atoms with van der Waals surface area (Å²) in [6, 6.07) is 9.68. The zero-order valence-corrected chi connectivity index (χ0v) is 17.4. The summed E-state index contributed by atoms with van der Waals surface area (Å²) >= 11 is 0. The molecule has 14 heteroatoms. The minimum atomic E-state index is -4.13. The Bertz CT molecular complexity index is 1340. The maximum absolute atomic E-state index is 12.3. The number of nitrogens with one attached hydrogen (secondary N) is 1. The first-order valence-electron chi connectivity index (χ1n) is 9.03. The molecule has 0 fully saturated rings. The quantitative estimate of drug-likeness (QED) is 0.269. The summed E-state index contributed by atoms with van der Waals surface area (Å²) in [5.74, 6) is -0.889. The monoisotopic (exact) mass is 463 g/mol. The lowest BCUT2D eigenvalue weighted by Crippen LogP contribution is -2.29. The van der Waals surface area contributed by atoms with Crippen molar-refractivity contribution in [2.24, 2.45) is 0 Å². The van der Waals surface area contributed by atoms with Crippen molar-refractivity contribution in [2.45, 2.75) is 18.0 Å². The molecule has 1 N–H and O–H groups in total. The van der Waals surface area contributed by atoms with Crippen LogP contribution in [-0.2, 0) is 26.3 Å². The Labute approximate surface area is 180 Å². The highest BCUT2D eigenvalue weighted by molar-refractivity contribution is 7.89. The van der Waals surface area contributed by atoms with E-state index >= 15 is 0 Å². The van der Waals surface area contributed by atoms with Gasteiger partial charge in [-0.15, -0.1) is 5.10 Å². The van der Waals surface area contributed by atoms with Gasteiger partial charge in [-0.2, -0.15) is 4.68 Å². The number of rotatable bonds is 9. The van der Waals surface area contributed by atoms with Gasteiger partial charge in [-0.25, -0.2) is 13.1 Å². The van der Waals surface area contributed by atoms with Crippen LogP contribution in [0.3, 0.4) is 0 Å². The predicted molar refractivity (Wildman–Crippen MR) is 109 cm³/mol. The summed E-state index contributed by atoms with van der Waals surface area (Å²) in [6.45, 7) is -0.827. The van der Waals surface area contributed by atoms with E-state index in [0.29, 0.717) is 10.9 Å². The Morgan fingerprint density at radius 1 is 1.25 bits per heavy atom. The van der Waals surface area contributed by atoms with E-state index in [9.17, 15) is 28.1 Å². The molecule has 0 amide bonds. The van der Waals surface area contributed by atoms with Crippen LogP contribution >= 0.6 is 0 Å². The van der Waals surface area contributed by atoms with Crippen LogP contribution in [0, 0.1) is 10.1 Å². The molecule has 0 aliphatic carbocycles. The van der Waals surface area contributed by atoms with Crippen molar-refractivity contribution in [1.82, 2.24) is 19.7 Å². The minimum absolute atomic E-state index is 0.0930. The number of nitro benzene ring substituents is 1. The highest BCUT2D eigenvalue weighted by Gasteiger charge is 2.22. The molecule has 3 aromatic rings. The number of fused-ring (bicyclic) bond motifs is 1. The molecular formula is C18H17N5O8S. The fraction of sp³-hybridized carbons (Fsp3) is 0.222. The summed E-state index contributed by atoms with van der Waals surface area (Å²) in [6.07, 6.45) is -0.354. The highest BCUT2D eigenvalue weighted by atomic mass is 32.2. The van der Waals surface area contributed by atoms with E-state index < -0.39 is 38.9 Å². The molecule has 0 saturated heterocycles. The number of carbonyl (C=O) groups excluding carboxylic acids is 1. The largest absolute Gasteiger partial charge is 0.490 e. The van der Waals surface area contributed by atoms with Gasteiger partial charge in [-0.3, -0.25) is 19.7 Å². The number of hydrogen-bond acceptors (Lipinski definition) is 10. The Morgan fingerprint density at radius 2 is 2.00 bits per heavy atom. The van der Waals surface area contributed by atoms with Gasteiger partial charge < -0.3 is 9.47 Å². The lowest BCUT2D eigenvalue weighted by molar-refractivity contribution is -0.386. The van der Waals surface area contributed by atoms with Crippen molar-refractivity contribution in [3.8, 4) is 5.75 Å². The lowest BCUT2D eigenvalue weighted by atomic mass is 10.2. The Morgan fingerprint density at radius 3 is 2.72 bits per heavy atom. The SMILES string of the molecule is COc1ccc(S(=O)(=O)NCCC(=O)OCn2nnc3ccccc3c2=O)cc1[N+](=O)[O-]. The second-order valence-corrected chi connectivity index (χ2v) is 8.06. The van der Waals surface area contributed by atoms with E-state index in [0.717, 1.165) is 22.9 Å². The van der Waals surface area contributed by atoms with Crippen LogP contribution in [0.25, 0.3) is 10.9 Å². The zero-order valence-electron chi connectivity index (χ0n) is 16.6. The topological polar surface area (TPSA) is 173 Å². The fourth-order valence-electron chi connectivity index (χ4n) is 2.66. The van der Waals surface area contributed by atoms with Crippen LogP contribution in [0.4, 0.5) is 5.69 Å². The molecule has 1 heterocycles. The van der Waals surface area contributed by atoms with Crippen LogP contribution in [0.15, 0.2) is 52.2 Å². The summed E-state index contributed by atoms with van der Waals surface area (Å²) < 4.78 is 37.5. The molecular weight excluding hydrogens is 446 g/mol. The number of sulfonamides is 1. The van der Waals surface area contributed by atoms with Crippen molar-refractivity contribution in [3.63, 3.8) is 0 Å². The normalized spacial score (nSPS) is 11.3. The van der Waals surface area contributed by atoms with E-state index in [1.165, 1.54) is 7.11 Å². The minimum Gasteiger partial charge on any atom is -0.490 e. The van der Waals surface area contributed by atoms with Crippen molar-refractivity contribution < 1.29 is 27.6 Å². The van der Waals surface area contributed by atoms with Gasteiger partial charge in [0.05, 0.1) is 28.7 Å². The third-order valence-corrected chi connectivity index (χ3v) is 5.71. The molecule has 0 radical (unpaired) electrons. The molecule has 2 aromatic carbocycles. The number of nitro groups is 1. The van der Waals surface area contributed by atoms with Crippen LogP contribution in [0.5, 0.6) is 5.75 Å². The van der Waals surface area contributed by atoms with Gasteiger partial charge in [0.2, 0.25) is 10.0 Å². The summed E-state index contributed by atoms with van der Waals surface area (Å²) in [5.41, 5.74) is -0.616. The number of aromatic nitrogens is 3. The van der Waals surface area contributed by atoms with E-state index in [4.69, 9.17) is 9.47 Å². The zero-order chi connectivity index (χ0) is 23.3. The average Bonchev–Trinajstić information content (AvgIpc) is 2.78. The number of hydrogen-bond donors (Lipinski definition) is 1. The maximum Gasteiger partial charge on any atom is 0.312 e. The summed E-state index contributed by atoms with van der Waals surface area (Å²) in [5, 5.41) is 18.9. The van der Waals surface area contributed by atoms with Crippen LogP contribution in [-0.4, -0.2) is 48.0 Å². The number of methoxy groups -OCH3 is 1. The van der Waals surface area contributed by atoms with Crippen LogP contribution < -0.4 is 15.0 Å². The van der Waals surface area contributed by atoms with Crippen LogP contribution in [0.1, 0.15) is 6.42 Å². The van der Waals surface area contributed by atoms with Crippen molar-refractivity contribution in [2.75, 3.05) is 13.7 Å². The average molecular weight is 463 g/mol. The molecule has 13 nitrogen and oxygen atoms in total. The molecule has 0 aliphatic rings. The van der Waals surface area contributed by atoms with E-state index in [2.05, 4.69) is 15.0 Å². The van der Waals surface area contributed by atoms with Crippen LogP contribution in [0.2, 0.25) is 0 Å². The van der Waals surface area contributed by atoms with E-state index in [1.54, 1.807) is 24.3 Å². The summed E-state index contributed by atoms with van der Waals surface area (Å²) in [4.78, 5) is 34.1. The van der Waals surface area contributed by atoms with Crippen molar-refractivity contribution >= 4 is 32.6 Å². The fourth-order valence-corrected chi connectivity index (χ4v) is 3.72. The molecule has 0 bridgehead atoms. The van der Waals surface area contributed by atoms with E-state index in [-0.39, 0.29) is 23.6 Å². The molecule has 168 valence electrons. The molecule has 0 atom stereocenters. The number of carbonyl (C=O) groups is 1. The third-order valence-electron chi connectivity index (χ3n) is 4.26. The molecule has 0 aliphatic heterocycles. The predicted octanol–water partition coefficient (Wildman–Crippen LogP) is 0.578. The van der Waals surface area contributed by atoms with Gasteiger partial charge in [-0.05, 0) is 24.3 Å². The van der Waals surface area contributed by atoms with Crippen molar-refractivity contribution in [1.29, 1.82) is 0 Å². The summed E-state index contributed by atoms with van der Waals surface area (Å²) in [7, 11) is -2.91. The first kappa shape index (κ1) is 22.8. The van der Waals surface area contributed by atoms with Gasteiger partial charge in [0.25, 0.3) is 5.56 Å². The van der Waals surface area contributed by atoms with E-state index in [1.807, 2.05) is 0 Å². The Hall–Kier alpha value is -3.91. The highest BCUT2D eigenvalue weighted by Crippen LogP contribution is 2.29. The Balaban J connectivity index is 1.58. The molecule has 0 unspecified atom stereocenters.